The van der Waals surface area contributed by atoms with Crippen molar-refractivity contribution in [2.45, 2.75) is 18.4 Å². The van der Waals surface area contributed by atoms with Crippen LogP contribution < -0.4 is 4.90 Å². The van der Waals surface area contributed by atoms with Gasteiger partial charge in [0.05, 0.1) is 5.69 Å². The number of aliphatic hydroxyl groups is 1. The van der Waals surface area contributed by atoms with E-state index < -0.39 is 11.6 Å². The van der Waals surface area contributed by atoms with E-state index >= 15 is 0 Å². The fourth-order valence-electron chi connectivity index (χ4n) is 2.04. The average molecular weight is 239 g/mol. The van der Waals surface area contributed by atoms with Crippen LogP contribution in [0.4, 0.5) is 10.1 Å². The first-order valence-corrected chi connectivity index (χ1v) is 5.48. The molecule has 0 amide bonds. The van der Waals surface area contributed by atoms with Crippen molar-refractivity contribution in [2.75, 3.05) is 18.0 Å². The van der Waals surface area contributed by atoms with Crippen LogP contribution >= 0.6 is 0 Å². The molecule has 2 N–H and O–H groups in total. The number of hydrogen-bond donors (Lipinski definition) is 2. The number of benzene rings is 1. The normalized spacial score (nSPS) is 19.1. The maximum atomic E-state index is 13.5. The SMILES string of the molecule is O=C(O)C1(O)CCN(c2ccccc2F)CC1. The number of carboxylic acid groups (broad SMARTS) is 1. The summed E-state index contributed by atoms with van der Waals surface area (Å²) in [6.45, 7) is 0.674. The van der Waals surface area contributed by atoms with Crippen LogP contribution in [-0.2, 0) is 4.79 Å². The van der Waals surface area contributed by atoms with E-state index in [0.717, 1.165) is 0 Å². The monoisotopic (exact) mass is 239 g/mol. The molecule has 1 saturated heterocycles. The molecule has 2 rings (SSSR count). The van der Waals surface area contributed by atoms with Gasteiger partial charge in [-0.3, -0.25) is 0 Å². The van der Waals surface area contributed by atoms with E-state index in [1.165, 1.54) is 6.07 Å². The summed E-state index contributed by atoms with van der Waals surface area (Å²) in [4.78, 5) is 12.6. The highest BCUT2D eigenvalue weighted by Crippen LogP contribution is 2.27. The van der Waals surface area contributed by atoms with E-state index in [0.29, 0.717) is 18.8 Å². The molecule has 0 unspecified atom stereocenters. The molecule has 92 valence electrons. The predicted octanol–water partition coefficient (Wildman–Crippen LogP) is 1.24. The number of para-hydroxylation sites is 1. The predicted molar refractivity (Wildman–Crippen MR) is 60.4 cm³/mol. The molecule has 1 aliphatic rings. The third-order valence-corrected chi connectivity index (χ3v) is 3.18. The molecule has 0 spiro atoms. The lowest BCUT2D eigenvalue weighted by Crippen LogP contribution is -2.49. The number of rotatable bonds is 2. The molecule has 0 atom stereocenters. The molecule has 1 aliphatic heterocycles. The molecule has 0 radical (unpaired) electrons. The Labute approximate surface area is 98.3 Å². The minimum Gasteiger partial charge on any atom is -0.479 e. The molecule has 0 saturated carbocycles. The van der Waals surface area contributed by atoms with E-state index in [1.807, 2.05) is 0 Å². The van der Waals surface area contributed by atoms with Crippen LogP contribution in [0.25, 0.3) is 0 Å². The summed E-state index contributed by atoms with van der Waals surface area (Å²) in [7, 11) is 0. The van der Waals surface area contributed by atoms with Crippen molar-refractivity contribution in [3.63, 3.8) is 0 Å². The van der Waals surface area contributed by atoms with E-state index in [4.69, 9.17) is 5.11 Å². The third-order valence-electron chi connectivity index (χ3n) is 3.18. The van der Waals surface area contributed by atoms with Crippen molar-refractivity contribution < 1.29 is 19.4 Å². The van der Waals surface area contributed by atoms with Crippen molar-refractivity contribution in [3.8, 4) is 0 Å². The Morgan fingerprint density at radius 3 is 2.41 bits per heavy atom. The van der Waals surface area contributed by atoms with Gasteiger partial charge in [0.25, 0.3) is 0 Å². The van der Waals surface area contributed by atoms with E-state index in [-0.39, 0.29) is 18.7 Å². The highest BCUT2D eigenvalue weighted by Gasteiger charge is 2.39. The molecular formula is C12H14FNO3. The summed E-state index contributed by atoms with van der Waals surface area (Å²) >= 11 is 0. The van der Waals surface area contributed by atoms with Gasteiger partial charge in [-0.1, -0.05) is 12.1 Å². The summed E-state index contributed by atoms with van der Waals surface area (Å²) in [6, 6.07) is 6.36. The van der Waals surface area contributed by atoms with Crippen molar-refractivity contribution in [3.05, 3.63) is 30.1 Å². The third kappa shape index (κ3) is 2.24. The zero-order valence-corrected chi connectivity index (χ0v) is 9.27. The van der Waals surface area contributed by atoms with E-state index in [1.54, 1.807) is 23.1 Å². The van der Waals surface area contributed by atoms with Gasteiger partial charge < -0.3 is 15.1 Å². The number of carbonyl (C=O) groups is 1. The highest BCUT2D eigenvalue weighted by molar-refractivity contribution is 5.77. The summed E-state index contributed by atoms with van der Waals surface area (Å²) in [5, 5.41) is 18.6. The quantitative estimate of drug-likeness (QED) is 0.815. The number of hydrogen-bond acceptors (Lipinski definition) is 3. The van der Waals surface area contributed by atoms with Crippen LogP contribution in [0.15, 0.2) is 24.3 Å². The lowest BCUT2D eigenvalue weighted by molar-refractivity contribution is -0.160. The Balaban J connectivity index is 2.10. The van der Waals surface area contributed by atoms with Gasteiger partial charge in [0.2, 0.25) is 0 Å². The second-order valence-corrected chi connectivity index (χ2v) is 4.28. The number of anilines is 1. The van der Waals surface area contributed by atoms with Crippen molar-refractivity contribution in [1.82, 2.24) is 0 Å². The molecule has 0 aromatic heterocycles. The summed E-state index contributed by atoms with van der Waals surface area (Å²) in [6.07, 6.45) is 0.216. The van der Waals surface area contributed by atoms with Crippen molar-refractivity contribution in [1.29, 1.82) is 0 Å². The molecule has 1 aromatic rings. The van der Waals surface area contributed by atoms with Gasteiger partial charge in [0.1, 0.15) is 5.82 Å². The number of piperidine rings is 1. The average Bonchev–Trinajstić information content (AvgIpc) is 2.31. The largest absolute Gasteiger partial charge is 0.479 e. The topological polar surface area (TPSA) is 60.8 Å². The van der Waals surface area contributed by atoms with Gasteiger partial charge in [-0.15, -0.1) is 0 Å². The van der Waals surface area contributed by atoms with Gasteiger partial charge >= 0.3 is 5.97 Å². The number of aliphatic carboxylic acids is 1. The van der Waals surface area contributed by atoms with Crippen LogP contribution in [0, 0.1) is 5.82 Å². The Morgan fingerprint density at radius 2 is 1.88 bits per heavy atom. The first-order valence-electron chi connectivity index (χ1n) is 5.48. The van der Waals surface area contributed by atoms with Crippen LogP contribution in [0.2, 0.25) is 0 Å². The Bertz CT molecular complexity index is 428. The van der Waals surface area contributed by atoms with Gasteiger partial charge in [0.15, 0.2) is 5.60 Å². The second kappa shape index (κ2) is 4.33. The molecule has 4 nitrogen and oxygen atoms in total. The van der Waals surface area contributed by atoms with Crippen LogP contribution in [-0.4, -0.2) is 34.9 Å². The molecule has 0 aliphatic carbocycles. The first kappa shape index (κ1) is 11.9. The highest BCUT2D eigenvalue weighted by atomic mass is 19.1. The van der Waals surface area contributed by atoms with Gasteiger partial charge in [0, 0.05) is 25.9 Å². The molecule has 0 bridgehead atoms. The maximum Gasteiger partial charge on any atom is 0.335 e. The molecule has 1 fully saturated rings. The molecule has 1 aromatic carbocycles. The van der Waals surface area contributed by atoms with Crippen molar-refractivity contribution in [2.24, 2.45) is 0 Å². The molecule has 1 heterocycles. The van der Waals surface area contributed by atoms with E-state index in [2.05, 4.69) is 0 Å². The van der Waals surface area contributed by atoms with Crippen molar-refractivity contribution >= 4 is 11.7 Å². The molecule has 5 heteroatoms. The number of carboxylic acids is 1. The fraction of sp³-hybridized carbons (Fsp3) is 0.417. The van der Waals surface area contributed by atoms with E-state index in [9.17, 15) is 14.3 Å². The zero-order chi connectivity index (χ0) is 12.5. The number of halogens is 1. The Hall–Kier alpha value is -1.62. The summed E-state index contributed by atoms with van der Waals surface area (Å²) in [5.74, 6) is -1.53. The first-order chi connectivity index (χ1) is 8.03. The minimum atomic E-state index is -1.66. The van der Waals surface area contributed by atoms with Gasteiger partial charge in [-0.25, -0.2) is 9.18 Å². The summed E-state index contributed by atoms with van der Waals surface area (Å²) in [5.41, 5.74) is -1.21. The van der Waals surface area contributed by atoms with Crippen LogP contribution in [0.3, 0.4) is 0 Å². The minimum absolute atomic E-state index is 0.108. The van der Waals surface area contributed by atoms with Crippen LogP contribution in [0.5, 0.6) is 0 Å². The second-order valence-electron chi connectivity index (χ2n) is 4.28. The van der Waals surface area contributed by atoms with Gasteiger partial charge in [-0.05, 0) is 12.1 Å². The van der Waals surface area contributed by atoms with Crippen LogP contribution in [0.1, 0.15) is 12.8 Å². The Morgan fingerprint density at radius 1 is 1.29 bits per heavy atom. The zero-order valence-electron chi connectivity index (χ0n) is 9.27. The maximum absolute atomic E-state index is 13.5. The Kier molecular flexibility index (Phi) is 3.02. The number of nitrogens with zero attached hydrogens (tertiary/aromatic N) is 1. The molecular weight excluding hydrogens is 225 g/mol. The summed E-state index contributed by atoms with van der Waals surface area (Å²) < 4.78 is 13.5. The lowest BCUT2D eigenvalue weighted by Gasteiger charge is -2.36. The fourth-order valence-corrected chi connectivity index (χ4v) is 2.04. The van der Waals surface area contributed by atoms with Gasteiger partial charge in [-0.2, -0.15) is 0 Å². The molecule has 17 heavy (non-hydrogen) atoms. The smallest absolute Gasteiger partial charge is 0.335 e. The standard InChI is InChI=1S/C12H14FNO3/c13-9-3-1-2-4-10(9)14-7-5-12(17,6-8-14)11(15)16/h1-4,17H,5-8H2,(H,15,16). The lowest BCUT2D eigenvalue weighted by atomic mass is 9.91.